The van der Waals surface area contributed by atoms with Gasteiger partial charge in [0, 0.05) is 12.0 Å². The Morgan fingerprint density at radius 3 is 2.13 bits per heavy atom. The van der Waals surface area contributed by atoms with Gasteiger partial charge in [0.15, 0.2) is 0 Å². The minimum atomic E-state index is -3.88. The van der Waals surface area contributed by atoms with Crippen molar-refractivity contribution in [1.29, 1.82) is 0 Å². The molecule has 0 radical (unpaired) electrons. The third kappa shape index (κ3) is 12.6. The number of aliphatic hydroxyl groups excluding tert-OH is 1. The first-order valence-electron chi connectivity index (χ1n) is 16.7. The number of carbonyl (C=O) groups excluding carboxylic acids is 4. The lowest BCUT2D eigenvalue weighted by molar-refractivity contribution is -0.164. The van der Waals surface area contributed by atoms with Crippen molar-refractivity contribution < 1.29 is 55.8 Å². The van der Waals surface area contributed by atoms with Crippen LogP contribution in [-0.4, -0.2) is 89.0 Å². The minimum Gasteiger partial charge on any atom is -0.469 e. The van der Waals surface area contributed by atoms with Gasteiger partial charge in [-0.3, -0.25) is 19.2 Å². The van der Waals surface area contributed by atoms with Crippen LogP contribution in [0.3, 0.4) is 0 Å². The van der Waals surface area contributed by atoms with Crippen molar-refractivity contribution in [3.63, 3.8) is 0 Å². The molecule has 0 aromatic rings. The normalized spacial score (nSPS) is 23.0. The van der Waals surface area contributed by atoms with Crippen LogP contribution in [0.15, 0.2) is 0 Å². The third-order valence-electron chi connectivity index (χ3n) is 9.55. The average molecular weight is 692 g/mol. The van der Waals surface area contributed by atoms with Crippen LogP contribution in [0.2, 0.25) is 0 Å². The van der Waals surface area contributed by atoms with Crippen LogP contribution in [0.1, 0.15) is 106 Å². The van der Waals surface area contributed by atoms with Crippen molar-refractivity contribution in [2.75, 3.05) is 40.3 Å². The van der Waals surface area contributed by atoms with Gasteiger partial charge in [-0.25, -0.2) is 4.18 Å². The van der Waals surface area contributed by atoms with Gasteiger partial charge in [0.25, 0.3) is 10.1 Å². The monoisotopic (exact) mass is 691 g/mol. The molecule has 1 saturated heterocycles. The van der Waals surface area contributed by atoms with Gasteiger partial charge in [-0.15, -0.1) is 0 Å². The van der Waals surface area contributed by atoms with E-state index in [1.807, 2.05) is 0 Å². The van der Waals surface area contributed by atoms with E-state index in [-0.39, 0.29) is 51.6 Å². The zero-order chi connectivity index (χ0) is 35.5. The fraction of sp³-hybridized carbons (Fsp3) is 0.879. The lowest BCUT2D eigenvalue weighted by Crippen LogP contribution is -2.45. The van der Waals surface area contributed by atoms with Gasteiger partial charge in [-0.2, -0.15) is 8.42 Å². The Labute approximate surface area is 280 Å². The van der Waals surface area contributed by atoms with Crippen LogP contribution in [0.5, 0.6) is 0 Å². The van der Waals surface area contributed by atoms with Crippen molar-refractivity contribution in [3.05, 3.63) is 0 Å². The Balaban J connectivity index is 2.23. The van der Waals surface area contributed by atoms with E-state index in [1.165, 1.54) is 7.11 Å². The van der Waals surface area contributed by atoms with Crippen LogP contribution in [-0.2, 0) is 52.4 Å². The van der Waals surface area contributed by atoms with Crippen LogP contribution in [0.4, 0.5) is 0 Å². The van der Waals surface area contributed by atoms with Crippen LogP contribution >= 0.6 is 0 Å². The van der Waals surface area contributed by atoms with Crippen LogP contribution < -0.4 is 5.32 Å². The maximum absolute atomic E-state index is 13.6. The lowest BCUT2D eigenvalue weighted by Gasteiger charge is -2.38. The smallest absolute Gasteiger partial charge is 0.311 e. The van der Waals surface area contributed by atoms with Gasteiger partial charge in [0.1, 0.15) is 19.4 Å². The zero-order valence-electron chi connectivity index (χ0n) is 29.3. The summed E-state index contributed by atoms with van der Waals surface area (Å²) in [5.41, 5.74) is -3.68. The van der Waals surface area contributed by atoms with Crippen molar-refractivity contribution in [2.24, 2.45) is 28.1 Å². The summed E-state index contributed by atoms with van der Waals surface area (Å²) in [4.78, 5) is 53.4. The largest absolute Gasteiger partial charge is 0.469 e. The summed E-state index contributed by atoms with van der Waals surface area (Å²) >= 11 is 0. The summed E-state index contributed by atoms with van der Waals surface area (Å²) in [5, 5.41) is 11.1. The highest BCUT2D eigenvalue weighted by Gasteiger charge is 2.48. The summed E-state index contributed by atoms with van der Waals surface area (Å²) in [6, 6.07) is 0. The molecule has 2 aliphatic rings. The number of ether oxygens (including phenoxy) is 4. The summed E-state index contributed by atoms with van der Waals surface area (Å²) in [7, 11) is -2.65. The molecular weight excluding hydrogens is 634 g/mol. The van der Waals surface area contributed by atoms with E-state index >= 15 is 0 Å². The molecule has 272 valence electrons. The summed E-state index contributed by atoms with van der Waals surface area (Å²) in [6.45, 7) is 10.5. The maximum atomic E-state index is 13.6. The summed E-state index contributed by atoms with van der Waals surface area (Å²) in [5.74, 6) is -2.84. The molecule has 0 aromatic carbocycles. The second kappa shape index (κ2) is 17.9. The second-order valence-electron chi connectivity index (χ2n) is 14.4. The van der Waals surface area contributed by atoms with Gasteiger partial charge in [0.05, 0.1) is 42.3 Å². The number of esters is 3. The SMILES string of the molecule is CCC(C)(CC(CC(C)(CC(C)(C)C(=O)OCC1CO1)C(=O)OC)C(=O)OCCCCO)C(=O)NCOS(=O)(=O)C1CCC(C)CC1. The summed E-state index contributed by atoms with van der Waals surface area (Å²) in [6.07, 6.45) is 3.43. The molecule has 2 rings (SSSR count). The highest BCUT2D eigenvalue weighted by atomic mass is 32.2. The van der Waals surface area contributed by atoms with Gasteiger partial charge in [-0.1, -0.05) is 20.8 Å². The van der Waals surface area contributed by atoms with Gasteiger partial charge >= 0.3 is 17.9 Å². The second-order valence-corrected chi connectivity index (χ2v) is 16.3. The van der Waals surface area contributed by atoms with Crippen molar-refractivity contribution in [1.82, 2.24) is 5.32 Å². The highest BCUT2D eigenvalue weighted by Crippen LogP contribution is 2.44. The Hall–Kier alpha value is -2.29. The van der Waals surface area contributed by atoms with E-state index < -0.39 is 68.1 Å². The van der Waals surface area contributed by atoms with E-state index in [0.717, 1.165) is 12.8 Å². The molecule has 13 nitrogen and oxygen atoms in total. The number of carbonyl (C=O) groups is 4. The summed E-state index contributed by atoms with van der Waals surface area (Å²) < 4.78 is 51.9. The predicted octanol–water partition coefficient (Wildman–Crippen LogP) is 3.65. The third-order valence-corrected chi connectivity index (χ3v) is 11.3. The molecule has 1 saturated carbocycles. The van der Waals surface area contributed by atoms with Crippen LogP contribution in [0, 0.1) is 28.1 Å². The predicted molar refractivity (Wildman–Crippen MR) is 172 cm³/mol. The minimum absolute atomic E-state index is 0.0218. The van der Waals surface area contributed by atoms with Crippen molar-refractivity contribution in [3.8, 4) is 0 Å². The molecule has 0 bridgehead atoms. The van der Waals surface area contributed by atoms with Gasteiger partial charge in [0.2, 0.25) is 5.91 Å². The topological polar surface area (TPSA) is 184 Å². The van der Waals surface area contributed by atoms with Gasteiger partial charge < -0.3 is 29.4 Å². The van der Waals surface area contributed by atoms with Gasteiger partial charge in [-0.05, 0) is 90.9 Å². The number of nitrogens with one attached hydrogen (secondary N) is 1. The fourth-order valence-electron chi connectivity index (χ4n) is 6.28. The van der Waals surface area contributed by atoms with Crippen molar-refractivity contribution >= 4 is 33.9 Å². The Morgan fingerprint density at radius 1 is 0.957 bits per heavy atom. The van der Waals surface area contributed by atoms with Crippen LogP contribution in [0.25, 0.3) is 0 Å². The molecule has 4 atom stereocenters. The zero-order valence-corrected chi connectivity index (χ0v) is 30.1. The first-order chi connectivity index (χ1) is 21.9. The number of epoxide rings is 1. The Morgan fingerprint density at radius 2 is 1.57 bits per heavy atom. The molecule has 1 amide bonds. The van der Waals surface area contributed by atoms with E-state index in [0.29, 0.717) is 38.2 Å². The highest BCUT2D eigenvalue weighted by molar-refractivity contribution is 7.87. The number of hydrogen-bond donors (Lipinski definition) is 2. The maximum Gasteiger partial charge on any atom is 0.311 e. The fourth-order valence-corrected chi connectivity index (χ4v) is 7.55. The van der Waals surface area contributed by atoms with E-state index in [1.54, 1.807) is 34.6 Å². The molecule has 2 fully saturated rings. The number of hydrogen-bond acceptors (Lipinski definition) is 12. The number of unbranched alkanes of at least 4 members (excludes halogenated alkanes) is 1. The van der Waals surface area contributed by atoms with Crippen molar-refractivity contribution in [2.45, 2.75) is 117 Å². The Bertz CT molecular complexity index is 1160. The first kappa shape index (κ1) is 40.9. The number of amides is 1. The molecule has 47 heavy (non-hydrogen) atoms. The average Bonchev–Trinajstić information content (AvgIpc) is 3.85. The molecule has 0 aromatic heterocycles. The number of methoxy groups -OCH3 is 1. The van der Waals surface area contributed by atoms with E-state index in [4.69, 9.17) is 28.2 Å². The molecule has 2 N–H and O–H groups in total. The molecule has 1 aliphatic carbocycles. The lowest BCUT2D eigenvalue weighted by atomic mass is 9.67. The first-order valence-corrected chi connectivity index (χ1v) is 18.2. The number of aliphatic hydroxyl groups is 1. The van der Waals surface area contributed by atoms with E-state index in [9.17, 15) is 27.6 Å². The standard InChI is InChI=1S/C33H57NO12S/c1-8-32(5,28(37)34-22-46-47(40,41)26-13-11-23(2)12-14-26)17-24(27(36)43-16-10-9-15-35)18-33(6,30(39)42-7)21-31(3,4)29(38)45-20-25-19-44-25/h23-26,35H,8-22H2,1-7H3,(H,34,37). The Kier molecular flexibility index (Phi) is 15.6. The quantitative estimate of drug-likeness (QED) is 0.0446. The number of rotatable bonds is 21. The molecule has 0 spiro atoms. The van der Waals surface area contributed by atoms with E-state index in [2.05, 4.69) is 12.2 Å². The molecular formula is C33H57NO12S. The molecule has 4 unspecified atom stereocenters. The molecule has 1 aliphatic heterocycles. The molecule has 14 heteroatoms. The molecule has 1 heterocycles.